The van der Waals surface area contributed by atoms with Crippen LogP contribution in [-0.4, -0.2) is 36.2 Å². The summed E-state index contributed by atoms with van der Waals surface area (Å²) in [6.07, 6.45) is 8.83. The van der Waals surface area contributed by atoms with Crippen LogP contribution in [-0.2, 0) is 9.53 Å². The summed E-state index contributed by atoms with van der Waals surface area (Å²) in [6, 6.07) is 6.36. The molecule has 1 heterocycles. The minimum atomic E-state index is -0.230. The second-order valence-electron chi connectivity index (χ2n) is 7.17. The van der Waals surface area contributed by atoms with Crippen molar-refractivity contribution in [3.8, 4) is 11.8 Å². The van der Waals surface area contributed by atoms with E-state index in [9.17, 15) is 4.79 Å². The van der Waals surface area contributed by atoms with Gasteiger partial charge in [0.15, 0.2) is 5.88 Å². The molecule has 1 aromatic carbocycles. The summed E-state index contributed by atoms with van der Waals surface area (Å²) in [5.74, 6) is 0.125. The Morgan fingerprint density at radius 1 is 1.27 bits per heavy atom. The van der Waals surface area contributed by atoms with Crippen molar-refractivity contribution in [2.24, 2.45) is 11.5 Å². The number of nitrogens with two attached hydrogens (primary N) is 2. The van der Waals surface area contributed by atoms with Crippen LogP contribution in [0.15, 0.2) is 41.9 Å². The van der Waals surface area contributed by atoms with Gasteiger partial charge in [-0.3, -0.25) is 4.79 Å². The minimum Gasteiger partial charge on any atom is -0.508 e. The number of nitrogens with zero attached hydrogens (tertiary/aromatic N) is 1. The Bertz CT molecular complexity index is 824. The van der Waals surface area contributed by atoms with Crippen LogP contribution in [0.1, 0.15) is 37.7 Å². The maximum absolute atomic E-state index is 11.9. The van der Waals surface area contributed by atoms with Crippen LogP contribution in [0.2, 0.25) is 5.02 Å². The Labute approximate surface area is 181 Å². The average molecular weight is 434 g/mol. The molecule has 1 saturated carbocycles. The molecule has 2 aliphatic rings. The molecule has 1 amide bonds. The highest BCUT2D eigenvalue weighted by atomic mass is 35.5. The van der Waals surface area contributed by atoms with Gasteiger partial charge in [-0.05, 0) is 43.2 Å². The number of carbonyl (C=O) groups is 1. The second-order valence-corrected chi connectivity index (χ2v) is 7.58. The molecular formula is C21H28ClN5O3. The zero-order chi connectivity index (χ0) is 21.9. The van der Waals surface area contributed by atoms with Crippen LogP contribution in [0, 0.1) is 11.3 Å². The minimum absolute atomic E-state index is 0.0731. The lowest BCUT2D eigenvalue weighted by atomic mass is 9.95. The third-order valence-corrected chi connectivity index (χ3v) is 5.06. The zero-order valence-electron chi connectivity index (χ0n) is 16.7. The van der Waals surface area contributed by atoms with Crippen molar-refractivity contribution < 1.29 is 14.6 Å². The van der Waals surface area contributed by atoms with Crippen molar-refractivity contribution in [2.75, 3.05) is 13.1 Å². The van der Waals surface area contributed by atoms with Crippen molar-refractivity contribution in [1.82, 2.24) is 10.6 Å². The van der Waals surface area contributed by atoms with Crippen molar-refractivity contribution >= 4 is 17.5 Å². The van der Waals surface area contributed by atoms with E-state index in [0.717, 1.165) is 25.9 Å². The fraction of sp³-hybridized carbons (Fsp3) is 0.429. The van der Waals surface area contributed by atoms with E-state index in [4.69, 9.17) is 38.2 Å². The molecule has 2 fully saturated rings. The molecule has 162 valence electrons. The van der Waals surface area contributed by atoms with Gasteiger partial charge in [-0.25, -0.2) is 0 Å². The molecule has 0 radical (unpaired) electrons. The quantitative estimate of drug-likeness (QED) is 0.271. The first kappa shape index (κ1) is 23.4. The lowest BCUT2D eigenvalue weighted by Crippen LogP contribution is -2.48. The van der Waals surface area contributed by atoms with Crippen molar-refractivity contribution in [3.63, 3.8) is 0 Å². The molecule has 1 aromatic rings. The molecule has 0 aromatic heterocycles. The third kappa shape index (κ3) is 7.85. The van der Waals surface area contributed by atoms with Crippen molar-refractivity contribution in [2.45, 2.75) is 44.2 Å². The Hall–Kier alpha value is -2.89. The number of phenolic OH excluding ortho intramolecular Hbond substituents is 1. The van der Waals surface area contributed by atoms with Crippen LogP contribution >= 0.6 is 11.6 Å². The van der Waals surface area contributed by atoms with Crippen LogP contribution in [0.5, 0.6) is 5.75 Å². The monoisotopic (exact) mass is 433 g/mol. The molecular weight excluding hydrogens is 406 g/mol. The Morgan fingerprint density at radius 3 is 2.53 bits per heavy atom. The van der Waals surface area contributed by atoms with E-state index >= 15 is 0 Å². The highest BCUT2D eigenvalue weighted by Gasteiger charge is 2.18. The summed E-state index contributed by atoms with van der Waals surface area (Å²) in [7, 11) is 0. The number of phenols is 1. The molecule has 1 saturated heterocycles. The van der Waals surface area contributed by atoms with E-state index < -0.39 is 0 Å². The van der Waals surface area contributed by atoms with Gasteiger partial charge in [-0.1, -0.05) is 30.9 Å². The molecule has 30 heavy (non-hydrogen) atoms. The molecule has 1 aliphatic carbocycles. The second kappa shape index (κ2) is 12.0. The number of amides is 1. The SMILES string of the molecule is N#Cc1ccc(O)cc1Cl.N/C(=C\C=C(/N)OC1CNC1)C(=O)NC1CCCCC1. The molecule has 7 N–H and O–H groups in total. The summed E-state index contributed by atoms with van der Waals surface area (Å²) in [4.78, 5) is 11.9. The molecule has 0 spiro atoms. The largest absolute Gasteiger partial charge is 0.508 e. The number of nitrogens with one attached hydrogen (secondary N) is 2. The number of carbonyl (C=O) groups excluding carboxylic acids is 1. The molecule has 0 atom stereocenters. The average Bonchev–Trinajstić information content (AvgIpc) is 2.70. The smallest absolute Gasteiger partial charge is 0.267 e. The Balaban J connectivity index is 0.000000269. The third-order valence-electron chi connectivity index (χ3n) is 4.75. The maximum atomic E-state index is 11.9. The molecule has 9 heteroatoms. The standard InChI is InChI=1S/C14H24N4O2.C7H4ClNO/c15-12(6-7-13(16)20-11-8-17-9-11)14(19)18-10-4-2-1-3-5-10;8-7-3-6(10)2-1-5(7)4-9/h6-7,10-11,17H,1-5,8-9,15-16H2,(H,18,19);1-3,10H/b12-6-,13-7+;. The summed E-state index contributed by atoms with van der Waals surface area (Å²) < 4.78 is 5.41. The zero-order valence-corrected chi connectivity index (χ0v) is 17.5. The lowest BCUT2D eigenvalue weighted by Gasteiger charge is -2.27. The van der Waals surface area contributed by atoms with Gasteiger partial charge in [0.05, 0.1) is 16.3 Å². The normalized spacial score (nSPS) is 17.7. The number of ether oxygens (including phenoxy) is 1. The molecule has 8 nitrogen and oxygen atoms in total. The van der Waals surface area contributed by atoms with Gasteiger partial charge in [0.1, 0.15) is 17.9 Å². The fourth-order valence-electron chi connectivity index (χ4n) is 2.94. The maximum Gasteiger partial charge on any atom is 0.267 e. The Morgan fingerprint density at radius 2 is 1.97 bits per heavy atom. The molecule has 0 unspecified atom stereocenters. The summed E-state index contributed by atoms with van der Waals surface area (Å²) in [5, 5.41) is 23.5. The molecule has 0 bridgehead atoms. The highest BCUT2D eigenvalue weighted by Crippen LogP contribution is 2.20. The van der Waals surface area contributed by atoms with Gasteiger partial charge in [-0.2, -0.15) is 5.26 Å². The van der Waals surface area contributed by atoms with E-state index in [2.05, 4.69) is 10.6 Å². The van der Waals surface area contributed by atoms with Crippen molar-refractivity contribution in [1.29, 1.82) is 5.26 Å². The van der Waals surface area contributed by atoms with E-state index in [-0.39, 0.29) is 40.4 Å². The van der Waals surface area contributed by atoms with E-state index in [1.807, 2.05) is 6.07 Å². The topological polar surface area (TPSA) is 146 Å². The molecule has 1 aliphatic heterocycles. The number of aromatic hydroxyl groups is 1. The van der Waals surface area contributed by atoms with E-state index in [1.54, 1.807) is 0 Å². The number of allylic oxidation sites excluding steroid dienone is 2. The van der Waals surface area contributed by atoms with Crippen LogP contribution < -0.4 is 22.1 Å². The van der Waals surface area contributed by atoms with E-state index in [1.165, 1.54) is 49.6 Å². The first-order valence-corrected chi connectivity index (χ1v) is 10.3. The van der Waals surface area contributed by atoms with Gasteiger partial charge in [0.2, 0.25) is 0 Å². The number of nitriles is 1. The Kier molecular flexibility index (Phi) is 9.32. The number of benzene rings is 1. The van der Waals surface area contributed by atoms with Gasteiger partial charge in [0.25, 0.3) is 5.91 Å². The highest BCUT2D eigenvalue weighted by molar-refractivity contribution is 6.31. The van der Waals surface area contributed by atoms with Crippen LogP contribution in [0.4, 0.5) is 0 Å². The first-order valence-electron chi connectivity index (χ1n) is 9.88. The summed E-state index contributed by atoms with van der Waals surface area (Å²) >= 11 is 5.55. The predicted molar refractivity (Wildman–Crippen MR) is 115 cm³/mol. The van der Waals surface area contributed by atoms with Gasteiger partial charge in [0, 0.05) is 19.1 Å². The lowest BCUT2D eigenvalue weighted by molar-refractivity contribution is -0.118. The summed E-state index contributed by atoms with van der Waals surface area (Å²) in [5.41, 5.74) is 12.0. The first-order chi connectivity index (χ1) is 14.4. The summed E-state index contributed by atoms with van der Waals surface area (Å²) in [6.45, 7) is 1.60. The number of rotatable bonds is 5. The molecule has 3 rings (SSSR count). The van der Waals surface area contributed by atoms with Crippen LogP contribution in [0.25, 0.3) is 0 Å². The number of hydrogen-bond donors (Lipinski definition) is 5. The van der Waals surface area contributed by atoms with Gasteiger partial charge in [-0.15, -0.1) is 0 Å². The number of halogens is 1. The van der Waals surface area contributed by atoms with E-state index in [0.29, 0.717) is 5.56 Å². The number of hydrogen-bond acceptors (Lipinski definition) is 7. The van der Waals surface area contributed by atoms with Gasteiger partial charge >= 0.3 is 0 Å². The van der Waals surface area contributed by atoms with Gasteiger partial charge < -0.3 is 31.9 Å². The predicted octanol–water partition coefficient (Wildman–Crippen LogP) is 1.98. The fourth-order valence-corrected chi connectivity index (χ4v) is 3.15. The van der Waals surface area contributed by atoms with Crippen molar-refractivity contribution in [3.05, 3.63) is 52.5 Å². The van der Waals surface area contributed by atoms with Crippen LogP contribution in [0.3, 0.4) is 0 Å².